The van der Waals surface area contributed by atoms with Crippen molar-refractivity contribution < 1.29 is 14.3 Å². The van der Waals surface area contributed by atoms with E-state index in [0.29, 0.717) is 12.0 Å². The molecule has 0 radical (unpaired) electrons. The van der Waals surface area contributed by atoms with Crippen molar-refractivity contribution in [2.24, 2.45) is 0 Å². The number of nitrogens with zero attached hydrogens (tertiary/aromatic N) is 5. The molecule has 1 atom stereocenters. The van der Waals surface area contributed by atoms with E-state index in [0.717, 1.165) is 48.2 Å². The standard InChI is InChI=1S/C26H29N5O3/c1-26(2,3)34-25(33)30-16-19-14-21(10-11-22(19)29-30)31(20-8-9-20)24(32)18-6-4-17(5-7-18)23-15-27-12-13-28-23/h4-7,12-13,15-16,20-21H,8-11,14H2,1-3H3. The Labute approximate surface area is 199 Å². The summed E-state index contributed by atoms with van der Waals surface area (Å²) in [6.45, 7) is 5.51. The Bertz CT molecular complexity index is 1190. The monoisotopic (exact) mass is 459 g/mol. The fourth-order valence-electron chi connectivity index (χ4n) is 4.49. The minimum atomic E-state index is -0.579. The molecule has 1 fully saturated rings. The maximum absolute atomic E-state index is 13.6. The van der Waals surface area contributed by atoms with Crippen LogP contribution in [0, 0.1) is 0 Å². The summed E-state index contributed by atoms with van der Waals surface area (Å²) in [4.78, 5) is 36.5. The molecule has 0 bridgehead atoms. The SMILES string of the molecule is CC(C)(C)OC(=O)n1cc2c(n1)CCC(N(C(=O)c1ccc(-c3cnccn3)cc1)C1CC1)C2. The summed E-state index contributed by atoms with van der Waals surface area (Å²) in [5.41, 5.74) is 3.73. The third kappa shape index (κ3) is 4.71. The van der Waals surface area contributed by atoms with Gasteiger partial charge in [0.25, 0.3) is 5.91 Å². The van der Waals surface area contributed by atoms with Gasteiger partial charge in [0.15, 0.2) is 0 Å². The van der Waals surface area contributed by atoms with Gasteiger partial charge in [0.05, 0.1) is 17.6 Å². The van der Waals surface area contributed by atoms with E-state index >= 15 is 0 Å². The molecule has 1 saturated carbocycles. The van der Waals surface area contributed by atoms with Crippen molar-refractivity contribution in [2.45, 2.75) is 70.6 Å². The molecule has 8 heteroatoms. The van der Waals surface area contributed by atoms with Crippen LogP contribution in [0.5, 0.6) is 0 Å². The van der Waals surface area contributed by atoms with Gasteiger partial charge in [-0.3, -0.25) is 14.8 Å². The number of hydrogen-bond acceptors (Lipinski definition) is 6. The Morgan fingerprint density at radius 2 is 1.82 bits per heavy atom. The van der Waals surface area contributed by atoms with Gasteiger partial charge in [-0.15, -0.1) is 0 Å². The van der Waals surface area contributed by atoms with Crippen molar-refractivity contribution in [1.29, 1.82) is 0 Å². The summed E-state index contributed by atoms with van der Waals surface area (Å²) in [6, 6.07) is 7.95. The summed E-state index contributed by atoms with van der Waals surface area (Å²) in [5.74, 6) is 0.0566. The number of carbonyl (C=O) groups is 2. The van der Waals surface area contributed by atoms with Gasteiger partial charge in [0.2, 0.25) is 0 Å². The molecule has 2 aliphatic rings. The van der Waals surface area contributed by atoms with Crippen molar-refractivity contribution in [3.05, 3.63) is 65.9 Å². The zero-order valence-electron chi connectivity index (χ0n) is 19.8. The summed E-state index contributed by atoms with van der Waals surface area (Å²) >= 11 is 0. The first kappa shape index (κ1) is 22.3. The first-order valence-electron chi connectivity index (χ1n) is 11.8. The first-order valence-corrected chi connectivity index (χ1v) is 11.8. The van der Waals surface area contributed by atoms with E-state index in [9.17, 15) is 9.59 Å². The number of amides is 1. The summed E-state index contributed by atoms with van der Waals surface area (Å²) < 4.78 is 6.75. The lowest BCUT2D eigenvalue weighted by Gasteiger charge is -2.34. The molecule has 2 heterocycles. The van der Waals surface area contributed by atoms with E-state index in [1.165, 1.54) is 4.68 Å². The van der Waals surface area contributed by atoms with Gasteiger partial charge in [0.1, 0.15) is 5.60 Å². The predicted octanol–water partition coefficient (Wildman–Crippen LogP) is 4.29. The quantitative estimate of drug-likeness (QED) is 0.578. The van der Waals surface area contributed by atoms with Gasteiger partial charge in [-0.2, -0.15) is 9.78 Å². The Balaban J connectivity index is 1.33. The Hall–Kier alpha value is -3.55. The summed E-state index contributed by atoms with van der Waals surface area (Å²) in [7, 11) is 0. The number of fused-ring (bicyclic) bond motifs is 1. The van der Waals surface area contributed by atoms with Crippen molar-refractivity contribution >= 4 is 12.0 Å². The van der Waals surface area contributed by atoms with Crippen LogP contribution in [-0.4, -0.2) is 54.3 Å². The number of aromatic nitrogens is 4. The number of rotatable bonds is 4. The predicted molar refractivity (Wildman–Crippen MR) is 126 cm³/mol. The van der Waals surface area contributed by atoms with Crippen LogP contribution in [0.25, 0.3) is 11.3 Å². The number of hydrogen-bond donors (Lipinski definition) is 0. The topological polar surface area (TPSA) is 90.2 Å². The molecule has 0 spiro atoms. The van der Waals surface area contributed by atoms with Crippen molar-refractivity contribution in [3.63, 3.8) is 0 Å². The minimum absolute atomic E-state index is 0.0566. The molecule has 2 aromatic heterocycles. The molecule has 0 saturated heterocycles. The fourth-order valence-corrected chi connectivity index (χ4v) is 4.49. The third-order valence-corrected chi connectivity index (χ3v) is 6.19. The maximum atomic E-state index is 13.6. The van der Waals surface area contributed by atoms with E-state index in [1.807, 2.05) is 45.0 Å². The van der Waals surface area contributed by atoms with Gasteiger partial charge in [-0.05, 0) is 70.6 Å². The van der Waals surface area contributed by atoms with Gasteiger partial charge >= 0.3 is 6.09 Å². The smallest absolute Gasteiger partial charge is 0.435 e. The Morgan fingerprint density at radius 1 is 1.06 bits per heavy atom. The van der Waals surface area contributed by atoms with Crippen LogP contribution in [0.1, 0.15) is 61.6 Å². The van der Waals surface area contributed by atoms with E-state index < -0.39 is 11.7 Å². The lowest BCUT2D eigenvalue weighted by molar-refractivity contribution is 0.0513. The molecule has 34 heavy (non-hydrogen) atoms. The molecule has 1 amide bonds. The van der Waals surface area contributed by atoms with Gasteiger partial charge in [-0.25, -0.2) is 4.79 Å². The molecule has 1 unspecified atom stereocenters. The molecule has 8 nitrogen and oxygen atoms in total. The fraction of sp³-hybridized carbons (Fsp3) is 0.423. The molecule has 2 aliphatic carbocycles. The van der Waals surface area contributed by atoms with Crippen LogP contribution >= 0.6 is 0 Å². The van der Waals surface area contributed by atoms with E-state index in [-0.39, 0.29) is 18.0 Å². The van der Waals surface area contributed by atoms with Crippen LogP contribution in [0.4, 0.5) is 4.79 Å². The van der Waals surface area contributed by atoms with Crippen LogP contribution < -0.4 is 0 Å². The normalized spacial score (nSPS) is 17.7. The second-order valence-electron chi connectivity index (χ2n) is 10.0. The highest BCUT2D eigenvalue weighted by molar-refractivity contribution is 5.95. The van der Waals surface area contributed by atoms with Gasteiger partial charge in [-0.1, -0.05) is 12.1 Å². The van der Waals surface area contributed by atoms with Crippen molar-refractivity contribution in [2.75, 3.05) is 0 Å². The van der Waals surface area contributed by atoms with Crippen LogP contribution in [0.3, 0.4) is 0 Å². The van der Waals surface area contributed by atoms with Crippen molar-refractivity contribution in [1.82, 2.24) is 24.6 Å². The van der Waals surface area contributed by atoms with Crippen LogP contribution in [0.2, 0.25) is 0 Å². The summed E-state index contributed by atoms with van der Waals surface area (Å²) in [5, 5.41) is 4.46. The second-order valence-corrected chi connectivity index (χ2v) is 10.0. The molecular formula is C26H29N5O3. The van der Waals surface area contributed by atoms with Crippen LogP contribution in [-0.2, 0) is 17.6 Å². The molecule has 0 N–H and O–H groups in total. The lowest BCUT2D eigenvalue weighted by atomic mass is 9.91. The Kier molecular flexibility index (Phi) is 5.67. The largest absolute Gasteiger partial charge is 0.442 e. The van der Waals surface area contributed by atoms with E-state index in [2.05, 4.69) is 20.0 Å². The highest BCUT2D eigenvalue weighted by Crippen LogP contribution is 2.35. The summed E-state index contributed by atoms with van der Waals surface area (Å²) in [6.07, 6.45) is 10.6. The highest BCUT2D eigenvalue weighted by Gasteiger charge is 2.39. The number of benzene rings is 1. The average Bonchev–Trinajstić information content (AvgIpc) is 3.55. The number of aryl methyl sites for hydroxylation is 1. The van der Waals surface area contributed by atoms with Gasteiger partial charge in [0, 0.05) is 41.8 Å². The minimum Gasteiger partial charge on any atom is -0.442 e. The van der Waals surface area contributed by atoms with E-state index in [1.54, 1.807) is 24.8 Å². The molecule has 5 rings (SSSR count). The van der Waals surface area contributed by atoms with Crippen molar-refractivity contribution in [3.8, 4) is 11.3 Å². The zero-order chi connectivity index (χ0) is 23.9. The van der Waals surface area contributed by atoms with E-state index in [4.69, 9.17) is 4.74 Å². The molecule has 1 aromatic carbocycles. The molecule has 0 aliphatic heterocycles. The molecular weight excluding hydrogens is 430 g/mol. The lowest BCUT2D eigenvalue weighted by Crippen LogP contribution is -2.44. The third-order valence-electron chi connectivity index (χ3n) is 6.19. The first-order chi connectivity index (χ1) is 16.3. The average molecular weight is 460 g/mol. The zero-order valence-corrected chi connectivity index (χ0v) is 19.8. The number of ether oxygens (including phenoxy) is 1. The second kappa shape index (κ2) is 8.66. The number of carbonyl (C=O) groups excluding carboxylic acids is 2. The van der Waals surface area contributed by atoms with Gasteiger partial charge < -0.3 is 9.64 Å². The maximum Gasteiger partial charge on any atom is 0.435 e. The Morgan fingerprint density at radius 3 is 2.47 bits per heavy atom. The molecule has 176 valence electrons. The molecule has 3 aromatic rings. The highest BCUT2D eigenvalue weighted by atomic mass is 16.6. The van der Waals surface area contributed by atoms with Crippen LogP contribution in [0.15, 0.2) is 49.1 Å².